The Balaban J connectivity index is 2.44. The van der Waals surface area contributed by atoms with Gasteiger partial charge in [-0.2, -0.15) is 0 Å². The van der Waals surface area contributed by atoms with Crippen LogP contribution in [0.15, 0.2) is 28.9 Å². The molecule has 0 amide bonds. The predicted octanol–water partition coefficient (Wildman–Crippen LogP) is 4.30. The lowest BCUT2D eigenvalue weighted by molar-refractivity contribution is 0.408. The van der Waals surface area contributed by atoms with Crippen LogP contribution < -0.4 is 10.1 Å². The number of nitrogens with one attached hydrogen (secondary N) is 1. The maximum atomic E-state index is 5.49. The maximum Gasteiger partial charge on any atom is 0.124 e. The van der Waals surface area contributed by atoms with Gasteiger partial charge in [0.1, 0.15) is 11.5 Å². The van der Waals surface area contributed by atoms with Crippen molar-refractivity contribution in [2.45, 2.75) is 40.2 Å². The van der Waals surface area contributed by atoms with Gasteiger partial charge in [-0.25, -0.2) is 0 Å². The molecule has 0 aliphatic heterocycles. The molecule has 3 nitrogen and oxygen atoms in total. The number of benzene rings is 1. The van der Waals surface area contributed by atoms with Gasteiger partial charge in [-0.15, -0.1) is 0 Å². The molecule has 3 heteroatoms. The third-order valence-electron chi connectivity index (χ3n) is 3.83. The summed E-state index contributed by atoms with van der Waals surface area (Å²) in [7, 11) is 1.72. The molecular weight excluding hydrogens is 262 g/mol. The second-order valence-electron chi connectivity index (χ2n) is 5.51. The van der Waals surface area contributed by atoms with E-state index in [0.717, 1.165) is 35.6 Å². The van der Waals surface area contributed by atoms with Crippen LogP contribution in [0.5, 0.6) is 5.75 Å². The number of rotatable bonds is 6. The SMILES string of the molecule is CCCNC(c1cc(C)c(OC)c(C)c1)c1ccoc1C. The van der Waals surface area contributed by atoms with E-state index in [4.69, 9.17) is 9.15 Å². The summed E-state index contributed by atoms with van der Waals surface area (Å²) < 4.78 is 11.0. The van der Waals surface area contributed by atoms with Gasteiger partial charge >= 0.3 is 0 Å². The van der Waals surface area contributed by atoms with Gasteiger partial charge in [-0.1, -0.05) is 19.1 Å². The van der Waals surface area contributed by atoms with Crippen LogP contribution in [0.25, 0.3) is 0 Å². The number of furan rings is 1. The average Bonchev–Trinajstić information content (AvgIpc) is 2.85. The van der Waals surface area contributed by atoms with Gasteiger partial charge in [0.15, 0.2) is 0 Å². The summed E-state index contributed by atoms with van der Waals surface area (Å²) in [4.78, 5) is 0. The Morgan fingerprint density at radius 1 is 1.19 bits per heavy atom. The zero-order valence-electron chi connectivity index (χ0n) is 13.6. The normalized spacial score (nSPS) is 12.4. The largest absolute Gasteiger partial charge is 0.496 e. The average molecular weight is 287 g/mol. The molecule has 0 saturated heterocycles. The number of hydrogen-bond donors (Lipinski definition) is 1. The topological polar surface area (TPSA) is 34.4 Å². The highest BCUT2D eigenvalue weighted by Crippen LogP contribution is 2.31. The zero-order chi connectivity index (χ0) is 15.4. The van der Waals surface area contributed by atoms with E-state index in [0.29, 0.717) is 0 Å². The molecule has 1 atom stereocenters. The fourth-order valence-corrected chi connectivity index (χ4v) is 2.86. The molecule has 2 rings (SSSR count). The molecule has 1 N–H and O–H groups in total. The van der Waals surface area contributed by atoms with E-state index < -0.39 is 0 Å². The van der Waals surface area contributed by atoms with Gasteiger partial charge in [0.05, 0.1) is 19.4 Å². The van der Waals surface area contributed by atoms with Gasteiger partial charge in [0.2, 0.25) is 0 Å². The van der Waals surface area contributed by atoms with Crippen LogP contribution in [-0.2, 0) is 0 Å². The van der Waals surface area contributed by atoms with Crippen molar-refractivity contribution < 1.29 is 9.15 Å². The minimum absolute atomic E-state index is 0.159. The summed E-state index contributed by atoms with van der Waals surface area (Å²) >= 11 is 0. The van der Waals surface area contributed by atoms with Gasteiger partial charge < -0.3 is 14.5 Å². The predicted molar refractivity (Wildman–Crippen MR) is 86.0 cm³/mol. The van der Waals surface area contributed by atoms with Gasteiger partial charge in [-0.05, 0) is 56.5 Å². The van der Waals surface area contributed by atoms with E-state index >= 15 is 0 Å². The third kappa shape index (κ3) is 3.30. The molecule has 0 aliphatic carbocycles. The van der Waals surface area contributed by atoms with E-state index in [2.05, 4.69) is 44.3 Å². The quantitative estimate of drug-likeness (QED) is 0.860. The Hall–Kier alpha value is -1.74. The lowest BCUT2D eigenvalue weighted by Gasteiger charge is -2.21. The Labute approximate surface area is 127 Å². The molecular formula is C18H25NO2. The second-order valence-corrected chi connectivity index (χ2v) is 5.51. The lowest BCUT2D eigenvalue weighted by atomic mass is 9.95. The van der Waals surface area contributed by atoms with E-state index in [1.54, 1.807) is 13.4 Å². The van der Waals surface area contributed by atoms with Crippen molar-refractivity contribution in [3.63, 3.8) is 0 Å². The minimum Gasteiger partial charge on any atom is -0.496 e. The molecule has 0 spiro atoms. The molecule has 1 aromatic carbocycles. The highest BCUT2D eigenvalue weighted by atomic mass is 16.5. The van der Waals surface area contributed by atoms with Crippen LogP contribution in [0.1, 0.15) is 47.4 Å². The molecule has 21 heavy (non-hydrogen) atoms. The fraction of sp³-hybridized carbons (Fsp3) is 0.444. The number of aryl methyl sites for hydroxylation is 3. The van der Waals surface area contributed by atoms with Gasteiger partial charge in [0, 0.05) is 5.56 Å². The molecule has 1 aromatic heterocycles. The number of hydrogen-bond acceptors (Lipinski definition) is 3. The highest BCUT2D eigenvalue weighted by Gasteiger charge is 2.19. The number of ether oxygens (including phenoxy) is 1. The van der Waals surface area contributed by atoms with Crippen LogP contribution in [0.4, 0.5) is 0 Å². The standard InChI is InChI=1S/C18H25NO2/c1-6-8-19-17(16-7-9-21-14(16)4)15-10-12(2)18(20-5)13(3)11-15/h7,9-11,17,19H,6,8H2,1-5H3. The molecule has 0 bridgehead atoms. The van der Waals surface area contributed by atoms with E-state index in [-0.39, 0.29) is 6.04 Å². The maximum absolute atomic E-state index is 5.49. The highest BCUT2D eigenvalue weighted by molar-refractivity contribution is 5.46. The second kappa shape index (κ2) is 6.81. The molecule has 0 radical (unpaired) electrons. The van der Waals surface area contributed by atoms with Crippen LogP contribution >= 0.6 is 0 Å². The fourth-order valence-electron chi connectivity index (χ4n) is 2.86. The zero-order valence-corrected chi connectivity index (χ0v) is 13.6. The smallest absolute Gasteiger partial charge is 0.124 e. The van der Waals surface area contributed by atoms with Crippen molar-refractivity contribution in [2.24, 2.45) is 0 Å². The first-order chi connectivity index (χ1) is 10.1. The molecule has 114 valence electrons. The number of methoxy groups -OCH3 is 1. The van der Waals surface area contributed by atoms with E-state index in [1.165, 1.54) is 11.1 Å². The van der Waals surface area contributed by atoms with E-state index in [1.807, 2.05) is 6.92 Å². The monoisotopic (exact) mass is 287 g/mol. The van der Waals surface area contributed by atoms with Crippen molar-refractivity contribution in [3.8, 4) is 5.75 Å². The molecule has 2 aromatic rings. The molecule has 0 fully saturated rings. The first kappa shape index (κ1) is 15.6. The first-order valence-electron chi connectivity index (χ1n) is 7.51. The Bertz CT molecular complexity index is 578. The van der Waals surface area contributed by atoms with Gasteiger partial charge in [-0.3, -0.25) is 0 Å². The van der Waals surface area contributed by atoms with Crippen LogP contribution in [0, 0.1) is 20.8 Å². The van der Waals surface area contributed by atoms with Crippen molar-refractivity contribution in [1.29, 1.82) is 0 Å². The summed E-state index contributed by atoms with van der Waals surface area (Å²) in [5.74, 6) is 1.94. The first-order valence-corrected chi connectivity index (χ1v) is 7.51. The van der Waals surface area contributed by atoms with Crippen molar-refractivity contribution in [3.05, 3.63) is 52.5 Å². The summed E-state index contributed by atoms with van der Waals surface area (Å²) in [5.41, 5.74) is 4.78. The Morgan fingerprint density at radius 2 is 1.86 bits per heavy atom. The summed E-state index contributed by atoms with van der Waals surface area (Å²) in [6, 6.07) is 6.61. The molecule has 0 saturated carbocycles. The van der Waals surface area contributed by atoms with Crippen molar-refractivity contribution in [1.82, 2.24) is 5.32 Å². The van der Waals surface area contributed by atoms with Crippen LogP contribution in [-0.4, -0.2) is 13.7 Å². The van der Waals surface area contributed by atoms with Crippen molar-refractivity contribution in [2.75, 3.05) is 13.7 Å². The molecule has 1 unspecified atom stereocenters. The lowest BCUT2D eigenvalue weighted by Crippen LogP contribution is -2.23. The summed E-state index contributed by atoms with van der Waals surface area (Å²) in [6.45, 7) is 9.35. The Kier molecular flexibility index (Phi) is 5.07. The summed E-state index contributed by atoms with van der Waals surface area (Å²) in [5, 5.41) is 3.62. The minimum atomic E-state index is 0.159. The molecule has 0 aliphatic rings. The van der Waals surface area contributed by atoms with Crippen LogP contribution in [0.3, 0.4) is 0 Å². The summed E-state index contributed by atoms with van der Waals surface area (Å²) in [6.07, 6.45) is 2.86. The Morgan fingerprint density at radius 3 is 2.33 bits per heavy atom. The van der Waals surface area contributed by atoms with Crippen LogP contribution in [0.2, 0.25) is 0 Å². The van der Waals surface area contributed by atoms with Gasteiger partial charge in [0.25, 0.3) is 0 Å². The molecule has 1 heterocycles. The third-order valence-corrected chi connectivity index (χ3v) is 3.83. The van der Waals surface area contributed by atoms with Crippen molar-refractivity contribution >= 4 is 0 Å². The van der Waals surface area contributed by atoms with E-state index in [9.17, 15) is 0 Å².